The van der Waals surface area contributed by atoms with Gasteiger partial charge in [0.2, 0.25) is 5.91 Å². The Labute approximate surface area is 113 Å². The van der Waals surface area contributed by atoms with E-state index in [4.69, 9.17) is 4.74 Å². The minimum absolute atomic E-state index is 0.0370. The third-order valence-corrected chi connectivity index (χ3v) is 3.95. The van der Waals surface area contributed by atoms with Crippen molar-refractivity contribution in [1.82, 2.24) is 5.32 Å². The van der Waals surface area contributed by atoms with E-state index in [0.29, 0.717) is 18.2 Å². The number of fused-ring (bicyclic) bond motifs is 2. The Bertz CT molecular complexity index is 458. The van der Waals surface area contributed by atoms with Gasteiger partial charge in [0.15, 0.2) is 0 Å². The summed E-state index contributed by atoms with van der Waals surface area (Å²) in [6, 6.07) is 8.48. The Morgan fingerprint density at radius 2 is 2.11 bits per heavy atom. The number of amides is 1. The van der Waals surface area contributed by atoms with Gasteiger partial charge in [-0.05, 0) is 37.0 Å². The molecule has 2 aliphatic heterocycles. The van der Waals surface area contributed by atoms with Crippen LogP contribution in [0.3, 0.4) is 0 Å². The summed E-state index contributed by atoms with van der Waals surface area (Å²) in [6.45, 7) is 2.38. The van der Waals surface area contributed by atoms with E-state index in [-0.39, 0.29) is 5.91 Å². The molecule has 2 saturated heterocycles. The van der Waals surface area contributed by atoms with Gasteiger partial charge in [-0.1, -0.05) is 12.1 Å². The second-order valence-electron chi connectivity index (χ2n) is 5.48. The average Bonchev–Trinajstić information content (AvgIpc) is 2.99. The van der Waals surface area contributed by atoms with Crippen LogP contribution >= 0.6 is 0 Å². The van der Waals surface area contributed by atoms with Crippen molar-refractivity contribution in [3.05, 3.63) is 29.8 Å². The van der Waals surface area contributed by atoms with Crippen molar-refractivity contribution in [3.63, 3.8) is 0 Å². The molecule has 2 N–H and O–H groups in total. The van der Waals surface area contributed by atoms with Gasteiger partial charge in [0.1, 0.15) is 0 Å². The highest BCUT2D eigenvalue weighted by Crippen LogP contribution is 2.34. The van der Waals surface area contributed by atoms with E-state index in [0.717, 1.165) is 18.7 Å². The van der Waals surface area contributed by atoms with E-state index in [1.165, 1.54) is 25.3 Å². The first-order valence-corrected chi connectivity index (χ1v) is 6.96. The molecule has 1 aromatic rings. The first-order valence-electron chi connectivity index (χ1n) is 6.96. The van der Waals surface area contributed by atoms with Crippen LogP contribution in [-0.4, -0.2) is 24.2 Å². The smallest absolute Gasteiger partial charge is 0.221 e. The van der Waals surface area contributed by atoms with Crippen LogP contribution in [0.2, 0.25) is 0 Å². The highest BCUT2D eigenvalue weighted by Gasteiger charge is 2.40. The Balaban J connectivity index is 1.51. The van der Waals surface area contributed by atoms with Gasteiger partial charge in [0.25, 0.3) is 0 Å². The molecule has 1 amide bonds. The number of carbonyl (C=O) groups is 1. The van der Waals surface area contributed by atoms with E-state index < -0.39 is 0 Å². The van der Waals surface area contributed by atoms with Crippen molar-refractivity contribution in [2.45, 2.75) is 51.0 Å². The first-order chi connectivity index (χ1) is 9.20. The summed E-state index contributed by atoms with van der Waals surface area (Å²) in [6.07, 6.45) is 4.49. The second kappa shape index (κ2) is 5.31. The molecule has 2 fully saturated rings. The maximum atomic E-state index is 10.9. The van der Waals surface area contributed by atoms with Crippen LogP contribution in [-0.2, 0) is 16.1 Å². The minimum Gasteiger partial charge on any atom is -0.373 e. The Morgan fingerprint density at radius 3 is 2.68 bits per heavy atom. The van der Waals surface area contributed by atoms with Crippen molar-refractivity contribution in [2.75, 3.05) is 5.32 Å². The summed E-state index contributed by atoms with van der Waals surface area (Å²) in [5.74, 6) is -0.0370. The molecule has 3 unspecified atom stereocenters. The normalized spacial score (nSPS) is 28.6. The number of nitrogens with one attached hydrogen (secondary N) is 2. The molecule has 2 heterocycles. The maximum absolute atomic E-state index is 10.9. The molecule has 3 rings (SSSR count). The number of ether oxygens (including phenoxy) is 1. The molecule has 4 heteroatoms. The molecule has 102 valence electrons. The first kappa shape index (κ1) is 12.6. The van der Waals surface area contributed by atoms with Crippen molar-refractivity contribution < 1.29 is 9.53 Å². The van der Waals surface area contributed by atoms with Gasteiger partial charge in [0, 0.05) is 25.2 Å². The van der Waals surface area contributed by atoms with Gasteiger partial charge in [-0.25, -0.2) is 0 Å². The molecule has 0 aliphatic carbocycles. The molecular formula is C15H20N2O2. The lowest BCUT2D eigenvalue weighted by atomic mass is 9.95. The van der Waals surface area contributed by atoms with Crippen molar-refractivity contribution in [3.8, 4) is 0 Å². The average molecular weight is 260 g/mol. The Kier molecular flexibility index (Phi) is 3.53. The van der Waals surface area contributed by atoms with E-state index in [2.05, 4.69) is 10.6 Å². The predicted octanol–water partition coefficient (Wildman–Crippen LogP) is 2.05. The molecule has 0 spiro atoms. The fraction of sp³-hybridized carbons (Fsp3) is 0.533. The number of hydrogen-bond acceptors (Lipinski definition) is 3. The lowest BCUT2D eigenvalue weighted by Crippen LogP contribution is -2.36. The molecule has 0 aromatic heterocycles. The molecule has 0 saturated carbocycles. The van der Waals surface area contributed by atoms with E-state index >= 15 is 0 Å². The highest BCUT2D eigenvalue weighted by atomic mass is 16.5. The molecule has 1 aromatic carbocycles. The summed E-state index contributed by atoms with van der Waals surface area (Å²) in [5, 5.41) is 6.35. The second-order valence-corrected chi connectivity index (χ2v) is 5.48. The summed E-state index contributed by atoms with van der Waals surface area (Å²) < 4.78 is 5.83. The lowest BCUT2D eigenvalue weighted by Gasteiger charge is -2.20. The topological polar surface area (TPSA) is 50.4 Å². The zero-order valence-electron chi connectivity index (χ0n) is 11.2. The zero-order valence-corrected chi connectivity index (χ0v) is 11.2. The number of rotatable bonds is 4. The van der Waals surface area contributed by atoms with Crippen LogP contribution in [0.1, 0.15) is 31.7 Å². The van der Waals surface area contributed by atoms with Crippen LogP contribution in [0, 0.1) is 0 Å². The number of hydrogen-bond donors (Lipinski definition) is 2. The van der Waals surface area contributed by atoms with Gasteiger partial charge in [-0.2, -0.15) is 0 Å². The molecule has 2 aliphatic rings. The van der Waals surface area contributed by atoms with Crippen LogP contribution in [0.25, 0.3) is 0 Å². The SMILES string of the molecule is CC(=O)Nc1ccc(CNC2CC3CCC2O3)cc1. The third-order valence-electron chi connectivity index (χ3n) is 3.95. The molecule has 2 bridgehead atoms. The summed E-state index contributed by atoms with van der Waals surface area (Å²) >= 11 is 0. The van der Waals surface area contributed by atoms with Crippen molar-refractivity contribution in [1.29, 1.82) is 0 Å². The minimum atomic E-state index is -0.0370. The summed E-state index contributed by atoms with van der Waals surface area (Å²) in [4.78, 5) is 10.9. The quantitative estimate of drug-likeness (QED) is 0.871. The van der Waals surface area contributed by atoms with Crippen LogP contribution in [0.4, 0.5) is 5.69 Å². The highest BCUT2D eigenvalue weighted by molar-refractivity contribution is 5.88. The van der Waals surface area contributed by atoms with Gasteiger partial charge >= 0.3 is 0 Å². The molecule has 4 nitrogen and oxygen atoms in total. The number of benzene rings is 1. The number of carbonyl (C=O) groups excluding carboxylic acids is 1. The standard InChI is InChI=1S/C15H20N2O2/c1-10(18)17-12-4-2-11(3-5-12)9-16-14-8-13-6-7-15(14)19-13/h2-5,13-16H,6-9H2,1H3,(H,17,18). The monoisotopic (exact) mass is 260 g/mol. The van der Waals surface area contributed by atoms with E-state index in [1.54, 1.807) is 0 Å². The van der Waals surface area contributed by atoms with E-state index in [1.807, 2.05) is 24.3 Å². The fourth-order valence-corrected chi connectivity index (χ4v) is 3.01. The molecule has 3 atom stereocenters. The molecule has 19 heavy (non-hydrogen) atoms. The van der Waals surface area contributed by atoms with Crippen LogP contribution in [0.5, 0.6) is 0 Å². The van der Waals surface area contributed by atoms with Crippen molar-refractivity contribution >= 4 is 11.6 Å². The van der Waals surface area contributed by atoms with Gasteiger partial charge in [-0.15, -0.1) is 0 Å². The van der Waals surface area contributed by atoms with Gasteiger partial charge < -0.3 is 15.4 Å². The fourth-order valence-electron chi connectivity index (χ4n) is 3.01. The summed E-state index contributed by atoms with van der Waals surface area (Å²) in [5.41, 5.74) is 2.08. The molecule has 0 radical (unpaired) electrons. The van der Waals surface area contributed by atoms with E-state index in [9.17, 15) is 4.79 Å². The predicted molar refractivity (Wildman–Crippen MR) is 73.9 cm³/mol. The largest absolute Gasteiger partial charge is 0.373 e. The zero-order chi connectivity index (χ0) is 13.2. The number of anilines is 1. The van der Waals surface area contributed by atoms with Crippen molar-refractivity contribution in [2.24, 2.45) is 0 Å². The maximum Gasteiger partial charge on any atom is 0.221 e. The lowest BCUT2D eigenvalue weighted by molar-refractivity contribution is -0.114. The van der Waals surface area contributed by atoms with Crippen LogP contribution in [0.15, 0.2) is 24.3 Å². The summed E-state index contributed by atoms with van der Waals surface area (Å²) in [7, 11) is 0. The Hall–Kier alpha value is -1.39. The van der Waals surface area contributed by atoms with Gasteiger partial charge in [-0.3, -0.25) is 4.79 Å². The third kappa shape index (κ3) is 2.96. The van der Waals surface area contributed by atoms with Crippen LogP contribution < -0.4 is 10.6 Å². The van der Waals surface area contributed by atoms with Gasteiger partial charge in [0.05, 0.1) is 12.2 Å². The molecular weight excluding hydrogens is 240 g/mol. The Morgan fingerprint density at radius 1 is 1.32 bits per heavy atom.